The van der Waals surface area contributed by atoms with Crippen LogP contribution in [0.1, 0.15) is 46.1 Å². The summed E-state index contributed by atoms with van der Waals surface area (Å²) in [5.74, 6) is 0.949. The predicted octanol–water partition coefficient (Wildman–Crippen LogP) is 5.14. The Bertz CT molecular complexity index is 1310. The number of benzene rings is 2. The van der Waals surface area contributed by atoms with Gasteiger partial charge in [-0.05, 0) is 80.6 Å². The third-order valence-corrected chi connectivity index (χ3v) is 6.72. The highest BCUT2D eigenvalue weighted by molar-refractivity contribution is 5.96. The van der Waals surface area contributed by atoms with E-state index in [4.69, 9.17) is 4.74 Å². The third-order valence-electron chi connectivity index (χ3n) is 6.72. The molecule has 170 valence electrons. The van der Waals surface area contributed by atoms with Crippen LogP contribution in [0, 0.1) is 19.7 Å². The van der Waals surface area contributed by atoms with Crippen molar-refractivity contribution in [3.8, 4) is 11.4 Å². The van der Waals surface area contributed by atoms with E-state index in [0.29, 0.717) is 30.3 Å². The molecule has 33 heavy (non-hydrogen) atoms. The Labute approximate surface area is 192 Å². The highest BCUT2D eigenvalue weighted by atomic mass is 19.1. The highest BCUT2D eigenvalue weighted by Gasteiger charge is 2.29. The number of amides is 1. The van der Waals surface area contributed by atoms with Gasteiger partial charge in [0.15, 0.2) is 0 Å². The monoisotopic (exact) mass is 446 g/mol. The molecule has 1 amide bonds. The number of aromatic amines is 1. The molecule has 1 aliphatic heterocycles. The number of likely N-dealkylation sites (tertiary alicyclic amines) is 1. The number of carbonyl (C=O) groups excluding carboxylic acids is 1. The maximum absolute atomic E-state index is 13.4. The van der Waals surface area contributed by atoms with Crippen LogP contribution in [-0.2, 0) is 0 Å². The molecule has 0 atom stereocenters. The molecule has 1 aliphatic rings. The average molecular weight is 447 g/mol. The van der Waals surface area contributed by atoms with Crippen molar-refractivity contribution in [1.29, 1.82) is 0 Å². The van der Waals surface area contributed by atoms with E-state index >= 15 is 0 Å². The summed E-state index contributed by atoms with van der Waals surface area (Å²) < 4.78 is 20.4. The zero-order valence-electron chi connectivity index (χ0n) is 19.1. The number of hydrogen-bond acceptors (Lipinski definition) is 3. The van der Waals surface area contributed by atoms with E-state index in [-0.39, 0.29) is 11.7 Å². The normalized spacial score (nSPS) is 14.7. The Morgan fingerprint density at radius 1 is 1.12 bits per heavy atom. The summed E-state index contributed by atoms with van der Waals surface area (Å²) in [7, 11) is 1.68. The maximum Gasteiger partial charge on any atom is 0.257 e. The van der Waals surface area contributed by atoms with Crippen molar-refractivity contribution in [3.63, 3.8) is 0 Å². The second kappa shape index (κ2) is 8.39. The third kappa shape index (κ3) is 3.77. The van der Waals surface area contributed by atoms with Crippen LogP contribution in [0.5, 0.6) is 5.75 Å². The minimum atomic E-state index is -0.298. The van der Waals surface area contributed by atoms with Gasteiger partial charge in [0.05, 0.1) is 29.7 Å². The molecule has 7 heteroatoms. The topological polar surface area (TPSA) is 63.1 Å². The van der Waals surface area contributed by atoms with Crippen molar-refractivity contribution in [2.24, 2.45) is 0 Å². The van der Waals surface area contributed by atoms with E-state index in [2.05, 4.69) is 22.3 Å². The molecule has 0 aliphatic carbocycles. The van der Waals surface area contributed by atoms with Crippen LogP contribution in [0.15, 0.2) is 48.7 Å². The molecule has 0 spiro atoms. The van der Waals surface area contributed by atoms with Crippen molar-refractivity contribution in [3.05, 3.63) is 77.0 Å². The Morgan fingerprint density at radius 3 is 2.55 bits per heavy atom. The summed E-state index contributed by atoms with van der Waals surface area (Å²) in [5, 5.41) is 5.75. The van der Waals surface area contributed by atoms with Crippen LogP contribution < -0.4 is 4.74 Å². The summed E-state index contributed by atoms with van der Waals surface area (Å²) in [6.45, 7) is 5.14. The van der Waals surface area contributed by atoms with Crippen molar-refractivity contribution in [1.82, 2.24) is 19.7 Å². The number of nitrogens with zero attached hydrogens (tertiary/aromatic N) is 3. The van der Waals surface area contributed by atoms with Crippen LogP contribution in [0.4, 0.5) is 4.39 Å². The zero-order chi connectivity index (χ0) is 23.1. The highest BCUT2D eigenvalue weighted by Crippen LogP contribution is 2.35. The van der Waals surface area contributed by atoms with E-state index in [1.165, 1.54) is 23.1 Å². The quantitative estimate of drug-likeness (QED) is 0.472. The fourth-order valence-electron chi connectivity index (χ4n) is 4.92. The number of aromatic nitrogens is 3. The van der Waals surface area contributed by atoms with Gasteiger partial charge in [0.1, 0.15) is 11.6 Å². The van der Waals surface area contributed by atoms with Gasteiger partial charge in [0, 0.05) is 30.2 Å². The number of hydrogen-bond donors (Lipinski definition) is 1. The number of nitrogens with one attached hydrogen (secondary N) is 1. The van der Waals surface area contributed by atoms with E-state index < -0.39 is 0 Å². The van der Waals surface area contributed by atoms with Crippen molar-refractivity contribution in [2.45, 2.75) is 32.6 Å². The lowest BCUT2D eigenvalue weighted by Crippen LogP contribution is -2.38. The Morgan fingerprint density at radius 2 is 1.85 bits per heavy atom. The molecule has 0 unspecified atom stereocenters. The van der Waals surface area contributed by atoms with Crippen molar-refractivity contribution in [2.75, 3.05) is 20.2 Å². The van der Waals surface area contributed by atoms with Gasteiger partial charge in [0.25, 0.3) is 5.91 Å². The summed E-state index contributed by atoms with van der Waals surface area (Å²) in [5.41, 5.74) is 5.22. The smallest absolute Gasteiger partial charge is 0.257 e. The fraction of sp³-hybridized carbons (Fsp3) is 0.308. The SMILES string of the molecule is COc1ccc2[nH]cc(C3CCN(C(=O)c4c(C)nn(-c5ccc(F)cc5)c4C)CC3)c2c1. The van der Waals surface area contributed by atoms with Crippen LogP contribution >= 0.6 is 0 Å². The summed E-state index contributed by atoms with van der Waals surface area (Å²) in [6, 6.07) is 12.2. The average Bonchev–Trinajstić information content (AvgIpc) is 3.39. The standard InChI is InChI=1S/C26H27FN4O2/c1-16-25(17(2)31(29-16)20-6-4-19(27)5-7-20)26(32)30-12-10-18(11-13-30)23-15-28-24-9-8-21(33-3)14-22(23)24/h4-9,14-15,18,28H,10-13H2,1-3H3. The number of carbonyl (C=O) groups is 1. The number of H-pyrrole nitrogens is 1. The number of rotatable bonds is 4. The number of halogens is 1. The van der Waals surface area contributed by atoms with Crippen LogP contribution in [0.2, 0.25) is 0 Å². The van der Waals surface area contributed by atoms with Crippen molar-refractivity contribution >= 4 is 16.8 Å². The molecular weight excluding hydrogens is 419 g/mol. The first-order valence-electron chi connectivity index (χ1n) is 11.2. The minimum Gasteiger partial charge on any atom is -0.497 e. The molecule has 1 fully saturated rings. The Hall–Kier alpha value is -3.61. The first-order valence-corrected chi connectivity index (χ1v) is 11.2. The van der Waals surface area contributed by atoms with Gasteiger partial charge in [-0.25, -0.2) is 9.07 Å². The fourth-order valence-corrected chi connectivity index (χ4v) is 4.92. The van der Waals surface area contributed by atoms with Crippen LogP contribution in [0.3, 0.4) is 0 Å². The lowest BCUT2D eigenvalue weighted by atomic mass is 9.89. The van der Waals surface area contributed by atoms with E-state index in [9.17, 15) is 9.18 Å². The van der Waals surface area contributed by atoms with E-state index in [1.807, 2.05) is 30.9 Å². The minimum absolute atomic E-state index is 0.0115. The number of piperidine rings is 1. The molecule has 0 bridgehead atoms. The number of aryl methyl sites for hydroxylation is 1. The van der Waals surface area contributed by atoms with Gasteiger partial charge in [-0.3, -0.25) is 4.79 Å². The van der Waals surface area contributed by atoms with Gasteiger partial charge >= 0.3 is 0 Å². The van der Waals surface area contributed by atoms with Gasteiger partial charge in [-0.15, -0.1) is 0 Å². The largest absolute Gasteiger partial charge is 0.497 e. The number of methoxy groups -OCH3 is 1. The molecule has 5 rings (SSSR count). The second-order valence-electron chi connectivity index (χ2n) is 8.66. The Balaban J connectivity index is 1.34. The second-order valence-corrected chi connectivity index (χ2v) is 8.66. The number of fused-ring (bicyclic) bond motifs is 1. The van der Waals surface area contributed by atoms with Gasteiger partial charge in [0.2, 0.25) is 0 Å². The molecule has 6 nitrogen and oxygen atoms in total. The molecule has 1 saturated heterocycles. The molecule has 2 aromatic carbocycles. The van der Waals surface area contributed by atoms with Gasteiger partial charge in [-0.2, -0.15) is 5.10 Å². The molecule has 3 heterocycles. The van der Waals surface area contributed by atoms with Crippen LogP contribution in [-0.4, -0.2) is 45.8 Å². The van der Waals surface area contributed by atoms with Gasteiger partial charge < -0.3 is 14.6 Å². The molecule has 2 aromatic heterocycles. The maximum atomic E-state index is 13.4. The lowest BCUT2D eigenvalue weighted by Gasteiger charge is -2.32. The Kier molecular flexibility index (Phi) is 5.40. The predicted molar refractivity (Wildman–Crippen MR) is 126 cm³/mol. The van der Waals surface area contributed by atoms with E-state index in [0.717, 1.165) is 35.5 Å². The molecule has 4 aromatic rings. The number of ether oxygens (including phenoxy) is 1. The summed E-state index contributed by atoms with van der Waals surface area (Å²) >= 11 is 0. The summed E-state index contributed by atoms with van der Waals surface area (Å²) in [4.78, 5) is 18.7. The van der Waals surface area contributed by atoms with Gasteiger partial charge in [-0.1, -0.05) is 0 Å². The van der Waals surface area contributed by atoms with E-state index in [1.54, 1.807) is 23.9 Å². The molecule has 1 N–H and O–H groups in total. The molecular formula is C26H27FN4O2. The lowest BCUT2D eigenvalue weighted by molar-refractivity contribution is 0.0712. The first kappa shape index (κ1) is 21.2. The molecule has 0 radical (unpaired) electrons. The summed E-state index contributed by atoms with van der Waals surface area (Å²) in [6.07, 6.45) is 3.90. The zero-order valence-corrected chi connectivity index (χ0v) is 19.1. The molecule has 0 saturated carbocycles. The van der Waals surface area contributed by atoms with Crippen LogP contribution in [0.25, 0.3) is 16.6 Å². The first-order chi connectivity index (χ1) is 16.0. The van der Waals surface area contributed by atoms with Crippen molar-refractivity contribution < 1.29 is 13.9 Å².